The van der Waals surface area contributed by atoms with Gasteiger partial charge >= 0.3 is 0 Å². The van der Waals surface area contributed by atoms with Gasteiger partial charge in [0, 0.05) is 31.1 Å². The Hall–Kier alpha value is -3.51. The average Bonchev–Trinajstić information content (AvgIpc) is 3.47. The van der Waals surface area contributed by atoms with Gasteiger partial charge in [0.2, 0.25) is 11.6 Å². The van der Waals surface area contributed by atoms with Gasteiger partial charge in [-0.3, -0.25) is 9.59 Å². The van der Waals surface area contributed by atoms with Gasteiger partial charge < -0.3 is 18.8 Å². The summed E-state index contributed by atoms with van der Waals surface area (Å²) in [7, 11) is 0. The second kappa shape index (κ2) is 9.62. The first-order chi connectivity index (χ1) is 16.9. The summed E-state index contributed by atoms with van der Waals surface area (Å²) in [5, 5.41) is 0.162. The molecule has 0 bridgehead atoms. The molecule has 0 aliphatic carbocycles. The lowest BCUT2D eigenvalue weighted by Crippen LogP contribution is -2.56. The molecule has 6 nitrogen and oxygen atoms in total. The van der Waals surface area contributed by atoms with Crippen molar-refractivity contribution < 1.29 is 14.0 Å². The van der Waals surface area contributed by atoms with Crippen molar-refractivity contribution in [2.24, 2.45) is 0 Å². The zero-order chi connectivity index (χ0) is 24.5. The molecule has 2 aromatic heterocycles. The molecule has 7 heteroatoms. The van der Waals surface area contributed by atoms with Gasteiger partial charge in [0.15, 0.2) is 0 Å². The number of fused-ring (bicyclic) bond motifs is 1. The van der Waals surface area contributed by atoms with E-state index >= 15 is 0 Å². The van der Waals surface area contributed by atoms with Gasteiger partial charge in [0.25, 0.3) is 5.91 Å². The van der Waals surface area contributed by atoms with Crippen molar-refractivity contribution in [2.45, 2.75) is 31.8 Å². The SMILES string of the molecule is Cc1ccc(Cn2c(C(=O)N3CCN(C(=O)[C@@H](Cl)c4ccccc4)[C@H](C)C3)cc3ccoc32)cc1. The molecule has 1 aliphatic rings. The smallest absolute Gasteiger partial charge is 0.270 e. The van der Waals surface area contributed by atoms with Crippen molar-refractivity contribution in [3.8, 4) is 0 Å². The fraction of sp³-hybridized carbons (Fsp3) is 0.286. The maximum Gasteiger partial charge on any atom is 0.270 e. The molecule has 0 N–H and O–H groups in total. The number of hydrogen-bond acceptors (Lipinski definition) is 3. The summed E-state index contributed by atoms with van der Waals surface area (Å²) in [5.74, 6) is -0.189. The molecule has 2 aromatic carbocycles. The van der Waals surface area contributed by atoms with Crippen LogP contribution < -0.4 is 0 Å². The lowest BCUT2D eigenvalue weighted by molar-refractivity contribution is -0.135. The number of furan rings is 1. The summed E-state index contributed by atoms with van der Waals surface area (Å²) < 4.78 is 7.67. The molecule has 0 radical (unpaired) electrons. The maximum absolute atomic E-state index is 13.6. The Morgan fingerprint density at radius 2 is 1.80 bits per heavy atom. The number of piperazine rings is 1. The molecule has 1 saturated heterocycles. The zero-order valence-corrected chi connectivity index (χ0v) is 20.6. The highest BCUT2D eigenvalue weighted by Crippen LogP contribution is 2.27. The average molecular weight is 490 g/mol. The highest BCUT2D eigenvalue weighted by atomic mass is 35.5. The fourth-order valence-electron chi connectivity index (χ4n) is 4.73. The normalized spacial score (nSPS) is 17.1. The largest absolute Gasteiger partial charge is 0.448 e. The lowest BCUT2D eigenvalue weighted by Gasteiger charge is -2.40. The number of aryl methyl sites for hydroxylation is 1. The van der Waals surface area contributed by atoms with Crippen LogP contribution in [0.4, 0.5) is 0 Å². The van der Waals surface area contributed by atoms with E-state index in [1.165, 1.54) is 5.56 Å². The molecule has 2 amide bonds. The first-order valence-corrected chi connectivity index (χ1v) is 12.3. The number of aromatic nitrogens is 1. The van der Waals surface area contributed by atoms with Gasteiger partial charge in [0.1, 0.15) is 11.1 Å². The van der Waals surface area contributed by atoms with Crippen molar-refractivity contribution in [1.29, 1.82) is 0 Å². The highest BCUT2D eigenvalue weighted by molar-refractivity contribution is 6.30. The number of nitrogens with zero attached hydrogens (tertiary/aromatic N) is 3. The van der Waals surface area contributed by atoms with Crippen LogP contribution >= 0.6 is 11.6 Å². The predicted octanol–water partition coefficient (Wildman–Crippen LogP) is 5.24. The van der Waals surface area contributed by atoms with Gasteiger partial charge in [0.05, 0.1) is 12.8 Å². The molecular formula is C28H28ClN3O3. The molecule has 2 atom stereocenters. The first-order valence-electron chi connectivity index (χ1n) is 11.8. The molecule has 5 rings (SSSR count). The molecule has 35 heavy (non-hydrogen) atoms. The number of hydrogen-bond donors (Lipinski definition) is 0. The van der Waals surface area contributed by atoms with Crippen LogP contribution in [0.3, 0.4) is 0 Å². The molecular weight excluding hydrogens is 462 g/mol. The summed E-state index contributed by atoms with van der Waals surface area (Å²) in [5.41, 5.74) is 4.33. The minimum absolute atomic E-state index is 0.0621. The Bertz CT molecular complexity index is 1340. The summed E-state index contributed by atoms with van der Waals surface area (Å²) >= 11 is 6.50. The summed E-state index contributed by atoms with van der Waals surface area (Å²) in [6.45, 7) is 5.89. The molecule has 1 aliphatic heterocycles. The fourth-order valence-corrected chi connectivity index (χ4v) is 5.00. The van der Waals surface area contributed by atoms with Crippen molar-refractivity contribution >= 4 is 34.5 Å². The van der Waals surface area contributed by atoms with E-state index in [1.807, 2.05) is 58.9 Å². The van der Waals surface area contributed by atoms with Gasteiger partial charge in [-0.25, -0.2) is 0 Å². The highest BCUT2D eigenvalue weighted by Gasteiger charge is 2.34. The standard InChI is InChI=1S/C28H28ClN3O3/c1-19-8-10-21(11-9-19)18-32-24(16-23-12-15-35-28(23)32)26(33)30-13-14-31(20(2)17-30)27(34)25(29)22-6-4-3-5-7-22/h3-12,15-16,20,25H,13-14,17-18H2,1-2H3/t20-,25+/m1/s1. The second-order valence-corrected chi connectivity index (χ2v) is 9.62. The molecule has 1 fully saturated rings. The van der Waals surface area contributed by atoms with E-state index in [1.54, 1.807) is 11.2 Å². The Labute approximate surface area is 209 Å². The number of benzene rings is 2. The third-order valence-electron chi connectivity index (χ3n) is 6.69. The van der Waals surface area contributed by atoms with Crippen LogP contribution in [-0.4, -0.2) is 51.9 Å². The van der Waals surface area contributed by atoms with Gasteiger partial charge in [-0.2, -0.15) is 0 Å². The Morgan fingerprint density at radius 1 is 1.06 bits per heavy atom. The third-order valence-corrected chi connectivity index (χ3v) is 7.13. The van der Waals surface area contributed by atoms with Gasteiger partial charge in [-0.1, -0.05) is 60.2 Å². The minimum Gasteiger partial charge on any atom is -0.448 e. The maximum atomic E-state index is 13.6. The molecule has 0 spiro atoms. The van der Waals surface area contributed by atoms with Gasteiger partial charge in [-0.05, 0) is 37.1 Å². The predicted molar refractivity (Wildman–Crippen MR) is 137 cm³/mol. The summed E-state index contributed by atoms with van der Waals surface area (Å²) in [6, 6.07) is 21.3. The van der Waals surface area contributed by atoms with Crippen LogP contribution in [-0.2, 0) is 11.3 Å². The van der Waals surface area contributed by atoms with E-state index in [2.05, 4.69) is 31.2 Å². The van der Waals surface area contributed by atoms with E-state index in [9.17, 15) is 9.59 Å². The Morgan fingerprint density at radius 3 is 2.51 bits per heavy atom. The molecule has 0 saturated carbocycles. The number of carbonyl (C=O) groups excluding carboxylic acids is 2. The Kier molecular flexibility index (Phi) is 6.39. The third kappa shape index (κ3) is 4.58. The molecule has 4 aromatic rings. The van der Waals surface area contributed by atoms with Crippen molar-refractivity contribution in [2.75, 3.05) is 19.6 Å². The topological polar surface area (TPSA) is 58.7 Å². The van der Waals surface area contributed by atoms with Crippen molar-refractivity contribution in [3.05, 3.63) is 95.4 Å². The minimum atomic E-state index is -0.737. The van der Waals surface area contributed by atoms with E-state index in [0.29, 0.717) is 37.6 Å². The number of carbonyl (C=O) groups is 2. The summed E-state index contributed by atoms with van der Waals surface area (Å²) in [4.78, 5) is 30.3. The number of rotatable bonds is 5. The Balaban J connectivity index is 1.33. The van der Waals surface area contributed by atoms with Crippen LogP contribution in [0.15, 0.2) is 77.4 Å². The second-order valence-electron chi connectivity index (χ2n) is 9.19. The van der Waals surface area contributed by atoms with Crippen LogP contribution in [0.1, 0.15) is 39.5 Å². The monoisotopic (exact) mass is 489 g/mol. The zero-order valence-electron chi connectivity index (χ0n) is 19.9. The lowest BCUT2D eigenvalue weighted by atomic mass is 10.1. The van der Waals surface area contributed by atoms with Crippen molar-refractivity contribution in [3.63, 3.8) is 0 Å². The summed E-state index contributed by atoms with van der Waals surface area (Å²) in [6.07, 6.45) is 1.65. The van der Waals surface area contributed by atoms with Crippen LogP contribution in [0.2, 0.25) is 0 Å². The van der Waals surface area contributed by atoms with Crippen LogP contribution in [0.25, 0.3) is 11.1 Å². The quantitative estimate of drug-likeness (QED) is 0.360. The number of amides is 2. The van der Waals surface area contributed by atoms with E-state index in [4.69, 9.17) is 16.0 Å². The van der Waals surface area contributed by atoms with E-state index < -0.39 is 5.38 Å². The van der Waals surface area contributed by atoms with E-state index in [0.717, 1.165) is 16.5 Å². The van der Waals surface area contributed by atoms with Crippen molar-refractivity contribution in [1.82, 2.24) is 14.4 Å². The molecule has 3 heterocycles. The van der Waals surface area contributed by atoms with Crippen LogP contribution in [0.5, 0.6) is 0 Å². The number of halogens is 1. The van der Waals surface area contributed by atoms with E-state index in [-0.39, 0.29) is 17.9 Å². The molecule has 0 unspecified atom stereocenters. The van der Waals surface area contributed by atoms with Gasteiger partial charge in [-0.15, -0.1) is 11.6 Å². The number of alkyl halides is 1. The molecule has 180 valence electrons. The first kappa shape index (κ1) is 23.2. The van der Waals surface area contributed by atoms with Crippen LogP contribution in [0, 0.1) is 6.92 Å².